The van der Waals surface area contributed by atoms with E-state index in [9.17, 15) is 4.79 Å². The molecule has 5 nitrogen and oxygen atoms in total. The average Bonchev–Trinajstić information content (AvgIpc) is 3.19. The largest absolute Gasteiger partial charge is 0.454 e. The minimum absolute atomic E-state index is 0.101. The highest BCUT2D eigenvalue weighted by molar-refractivity contribution is 5.95. The Hall–Kier alpha value is -3.31. The van der Waals surface area contributed by atoms with Crippen LogP contribution in [0, 0.1) is 6.92 Å². The topological polar surface area (TPSA) is 59.6 Å². The summed E-state index contributed by atoms with van der Waals surface area (Å²) >= 11 is 0. The van der Waals surface area contributed by atoms with Crippen molar-refractivity contribution >= 4 is 11.6 Å². The zero-order valence-corrected chi connectivity index (χ0v) is 15.6. The summed E-state index contributed by atoms with van der Waals surface area (Å²) in [6.07, 6.45) is 0. The van der Waals surface area contributed by atoms with Gasteiger partial charge in [0.2, 0.25) is 12.7 Å². The number of carbonyl (C=O) groups excluding carboxylic acids is 1. The number of hydrogen-bond acceptors (Lipinski definition) is 4. The van der Waals surface area contributed by atoms with Gasteiger partial charge >= 0.3 is 0 Å². The van der Waals surface area contributed by atoms with Crippen LogP contribution in [-0.4, -0.2) is 12.7 Å². The fourth-order valence-corrected chi connectivity index (χ4v) is 3.13. The van der Waals surface area contributed by atoms with Gasteiger partial charge in [-0.3, -0.25) is 10.1 Å². The molecule has 1 unspecified atom stereocenters. The van der Waals surface area contributed by atoms with Crippen LogP contribution in [0.4, 0.5) is 5.69 Å². The molecule has 2 N–H and O–H groups in total. The summed E-state index contributed by atoms with van der Waals surface area (Å²) in [5, 5.41) is 6.37. The second-order valence-electron chi connectivity index (χ2n) is 6.77. The molecule has 1 heterocycles. The van der Waals surface area contributed by atoms with Gasteiger partial charge in [0.05, 0.1) is 0 Å². The van der Waals surface area contributed by atoms with E-state index in [0.29, 0.717) is 6.54 Å². The van der Waals surface area contributed by atoms with Crippen molar-refractivity contribution in [2.75, 3.05) is 12.1 Å². The molecule has 0 bridgehead atoms. The molecule has 0 aliphatic carbocycles. The maximum atomic E-state index is 13.0. The molecule has 1 amide bonds. The Morgan fingerprint density at radius 3 is 2.50 bits per heavy atom. The standard InChI is InChI=1S/C23H22N2O3/c1-16-7-10-19(11-8-16)25-23(26)22(18-5-3-2-4-6-18)24-14-17-9-12-20-21(13-17)28-15-27-20/h2-13,22,24H,14-15H2,1H3,(H,25,26). The normalized spacial score (nSPS) is 13.2. The monoisotopic (exact) mass is 374 g/mol. The van der Waals surface area contributed by atoms with E-state index >= 15 is 0 Å². The highest BCUT2D eigenvalue weighted by Crippen LogP contribution is 2.32. The molecule has 1 aliphatic rings. The van der Waals surface area contributed by atoms with Crippen molar-refractivity contribution < 1.29 is 14.3 Å². The summed E-state index contributed by atoms with van der Waals surface area (Å²) in [6, 6.07) is 22.8. The van der Waals surface area contributed by atoms with E-state index in [1.165, 1.54) is 0 Å². The van der Waals surface area contributed by atoms with Crippen molar-refractivity contribution in [1.29, 1.82) is 0 Å². The van der Waals surface area contributed by atoms with Gasteiger partial charge in [0.25, 0.3) is 0 Å². The van der Waals surface area contributed by atoms with Gasteiger partial charge in [-0.1, -0.05) is 54.1 Å². The molecule has 4 rings (SSSR count). The van der Waals surface area contributed by atoms with E-state index in [1.54, 1.807) is 0 Å². The number of fused-ring (bicyclic) bond motifs is 1. The van der Waals surface area contributed by atoms with Crippen molar-refractivity contribution in [2.45, 2.75) is 19.5 Å². The Kier molecular flexibility index (Phi) is 5.26. The van der Waals surface area contributed by atoms with Crippen LogP contribution in [0.5, 0.6) is 11.5 Å². The van der Waals surface area contributed by atoms with Crippen molar-refractivity contribution in [3.8, 4) is 11.5 Å². The molecule has 3 aromatic carbocycles. The molecule has 142 valence electrons. The zero-order valence-electron chi connectivity index (χ0n) is 15.6. The maximum absolute atomic E-state index is 13.0. The Morgan fingerprint density at radius 1 is 0.964 bits per heavy atom. The number of benzene rings is 3. The van der Waals surface area contributed by atoms with E-state index in [2.05, 4.69) is 10.6 Å². The van der Waals surface area contributed by atoms with E-state index in [0.717, 1.165) is 33.9 Å². The second-order valence-corrected chi connectivity index (χ2v) is 6.77. The molecule has 5 heteroatoms. The van der Waals surface area contributed by atoms with Crippen LogP contribution in [0.15, 0.2) is 72.8 Å². The molecule has 1 atom stereocenters. The third-order valence-electron chi connectivity index (χ3n) is 4.66. The van der Waals surface area contributed by atoms with Crippen molar-refractivity contribution in [3.05, 3.63) is 89.5 Å². The predicted octanol–water partition coefficient (Wildman–Crippen LogP) is 4.19. The quantitative estimate of drug-likeness (QED) is 0.679. The van der Waals surface area contributed by atoms with Crippen LogP contribution < -0.4 is 20.1 Å². The first kappa shape index (κ1) is 18.1. The van der Waals surface area contributed by atoms with Gasteiger partial charge in [-0.15, -0.1) is 0 Å². The lowest BCUT2D eigenvalue weighted by atomic mass is 10.1. The van der Waals surface area contributed by atoms with Gasteiger partial charge in [0, 0.05) is 12.2 Å². The number of aryl methyl sites for hydroxylation is 1. The SMILES string of the molecule is Cc1ccc(NC(=O)C(NCc2ccc3c(c2)OCO3)c2ccccc2)cc1. The highest BCUT2D eigenvalue weighted by atomic mass is 16.7. The molecule has 0 aromatic heterocycles. The molecular weight excluding hydrogens is 352 g/mol. The summed E-state index contributed by atoms with van der Waals surface area (Å²) in [7, 11) is 0. The predicted molar refractivity (Wildman–Crippen MR) is 108 cm³/mol. The summed E-state index contributed by atoms with van der Waals surface area (Å²) in [6.45, 7) is 2.79. The average molecular weight is 374 g/mol. The minimum atomic E-state index is -0.479. The lowest BCUT2D eigenvalue weighted by molar-refractivity contribution is -0.118. The smallest absolute Gasteiger partial charge is 0.246 e. The molecule has 0 spiro atoms. The van der Waals surface area contributed by atoms with Crippen LogP contribution in [-0.2, 0) is 11.3 Å². The zero-order chi connectivity index (χ0) is 19.3. The Bertz CT molecular complexity index is 955. The first-order valence-electron chi connectivity index (χ1n) is 9.23. The highest BCUT2D eigenvalue weighted by Gasteiger charge is 2.21. The second kappa shape index (κ2) is 8.15. The summed E-state index contributed by atoms with van der Waals surface area (Å²) in [4.78, 5) is 13.0. The fraction of sp³-hybridized carbons (Fsp3) is 0.174. The first-order chi connectivity index (χ1) is 13.7. The van der Waals surface area contributed by atoms with Crippen molar-refractivity contribution in [2.24, 2.45) is 0 Å². The third kappa shape index (κ3) is 4.15. The number of anilines is 1. The number of ether oxygens (including phenoxy) is 2. The van der Waals surface area contributed by atoms with Crippen LogP contribution in [0.1, 0.15) is 22.7 Å². The van der Waals surface area contributed by atoms with Crippen LogP contribution in [0.25, 0.3) is 0 Å². The molecule has 0 fully saturated rings. The summed E-state index contributed by atoms with van der Waals surface area (Å²) < 4.78 is 10.8. The van der Waals surface area contributed by atoms with E-state index in [1.807, 2.05) is 79.7 Å². The third-order valence-corrected chi connectivity index (χ3v) is 4.66. The number of nitrogens with one attached hydrogen (secondary N) is 2. The van der Waals surface area contributed by atoms with Gasteiger partial charge in [-0.2, -0.15) is 0 Å². The van der Waals surface area contributed by atoms with E-state index < -0.39 is 6.04 Å². The van der Waals surface area contributed by atoms with E-state index in [4.69, 9.17) is 9.47 Å². The Labute approximate surface area is 164 Å². The van der Waals surface area contributed by atoms with Gasteiger partial charge < -0.3 is 14.8 Å². The van der Waals surface area contributed by atoms with Gasteiger partial charge in [-0.25, -0.2) is 0 Å². The number of rotatable bonds is 6. The molecule has 0 saturated carbocycles. The molecule has 0 saturated heterocycles. The molecule has 1 aliphatic heterocycles. The maximum Gasteiger partial charge on any atom is 0.246 e. The molecule has 3 aromatic rings. The van der Waals surface area contributed by atoms with Crippen LogP contribution in [0.3, 0.4) is 0 Å². The number of amides is 1. The van der Waals surface area contributed by atoms with Crippen molar-refractivity contribution in [3.63, 3.8) is 0 Å². The molecular formula is C23H22N2O3. The minimum Gasteiger partial charge on any atom is -0.454 e. The van der Waals surface area contributed by atoms with Gasteiger partial charge in [0.15, 0.2) is 11.5 Å². The molecule has 28 heavy (non-hydrogen) atoms. The van der Waals surface area contributed by atoms with Gasteiger partial charge in [-0.05, 0) is 42.3 Å². The number of hydrogen-bond donors (Lipinski definition) is 2. The lowest BCUT2D eigenvalue weighted by Crippen LogP contribution is -2.32. The first-order valence-corrected chi connectivity index (χ1v) is 9.23. The summed E-state index contributed by atoms with van der Waals surface area (Å²) in [5.41, 5.74) is 3.86. The number of carbonyl (C=O) groups is 1. The lowest BCUT2D eigenvalue weighted by Gasteiger charge is -2.19. The Balaban J connectivity index is 1.50. The Morgan fingerprint density at radius 2 is 1.71 bits per heavy atom. The van der Waals surface area contributed by atoms with Gasteiger partial charge in [0.1, 0.15) is 6.04 Å². The van der Waals surface area contributed by atoms with Crippen LogP contribution in [0.2, 0.25) is 0 Å². The van der Waals surface area contributed by atoms with Crippen molar-refractivity contribution in [1.82, 2.24) is 5.32 Å². The van der Waals surface area contributed by atoms with E-state index in [-0.39, 0.29) is 12.7 Å². The summed E-state index contributed by atoms with van der Waals surface area (Å²) in [5.74, 6) is 1.39. The van der Waals surface area contributed by atoms with Crippen LogP contribution >= 0.6 is 0 Å². The molecule has 0 radical (unpaired) electrons. The fourth-order valence-electron chi connectivity index (χ4n) is 3.13.